The summed E-state index contributed by atoms with van der Waals surface area (Å²) < 4.78 is 5.27. The molecular weight excluding hydrogens is 372 g/mol. The van der Waals surface area contributed by atoms with Gasteiger partial charge in [0.2, 0.25) is 5.91 Å². The predicted octanol–water partition coefficient (Wildman–Crippen LogP) is 4.46. The van der Waals surface area contributed by atoms with Gasteiger partial charge in [0, 0.05) is 24.8 Å². The first-order valence-electron chi connectivity index (χ1n) is 9.83. The highest BCUT2D eigenvalue weighted by Crippen LogP contribution is 2.34. The fraction of sp³-hybridized carbons (Fsp3) is 0.619. The van der Waals surface area contributed by atoms with Gasteiger partial charge in [-0.1, -0.05) is 20.8 Å². The zero-order valence-corrected chi connectivity index (χ0v) is 18.5. The fourth-order valence-electron chi connectivity index (χ4n) is 3.53. The Morgan fingerprint density at radius 2 is 2.00 bits per heavy atom. The Bertz CT molecular complexity index is 857. The van der Waals surface area contributed by atoms with Gasteiger partial charge in [-0.3, -0.25) is 4.79 Å². The molecule has 6 nitrogen and oxygen atoms in total. The van der Waals surface area contributed by atoms with Gasteiger partial charge >= 0.3 is 0 Å². The van der Waals surface area contributed by atoms with Crippen LogP contribution in [0.4, 0.5) is 0 Å². The lowest BCUT2D eigenvalue weighted by atomic mass is 9.91. The summed E-state index contributed by atoms with van der Waals surface area (Å²) >= 11 is 1.61. The first kappa shape index (κ1) is 20.9. The number of carbonyl (C=O) groups is 1. The second kappa shape index (κ2) is 8.25. The fourth-order valence-corrected chi connectivity index (χ4v) is 4.52. The molecule has 0 N–H and O–H groups in total. The first-order valence-corrected chi connectivity index (χ1v) is 10.6. The highest BCUT2D eigenvalue weighted by Gasteiger charge is 2.35. The van der Waals surface area contributed by atoms with Crippen LogP contribution in [0.2, 0.25) is 0 Å². The van der Waals surface area contributed by atoms with E-state index in [1.165, 1.54) is 0 Å². The van der Waals surface area contributed by atoms with Crippen molar-refractivity contribution in [2.24, 2.45) is 5.41 Å². The number of hydrogen-bond donors (Lipinski definition) is 0. The van der Waals surface area contributed by atoms with Gasteiger partial charge in [0.05, 0.1) is 23.2 Å². The molecule has 0 aliphatic carbocycles. The van der Waals surface area contributed by atoms with Crippen LogP contribution >= 0.6 is 11.3 Å². The Morgan fingerprint density at radius 3 is 2.68 bits per heavy atom. The van der Waals surface area contributed by atoms with Crippen molar-refractivity contribution < 1.29 is 9.53 Å². The Kier molecular flexibility index (Phi) is 6.15. The summed E-state index contributed by atoms with van der Waals surface area (Å²) in [4.78, 5) is 30.4. The number of ether oxygens (including phenoxy) is 1. The Morgan fingerprint density at radius 1 is 1.25 bits per heavy atom. The van der Waals surface area contributed by atoms with E-state index in [2.05, 4.69) is 4.98 Å². The summed E-state index contributed by atoms with van der Waals surface area (Å²) in [5, 5.41) is 0.876. The topological polar surface area (TPSA) is 68.2 Å². The van der Waals surface area contributed by atoms with E-state index in [4.69, 9.17) is 14.7 Å². The number of hydrogen-bond acceptors (Lipinski definition) is 6. The number of rotatable bonds is 4. The molecule has 2 aromatic heterocycles. The smallest absolute Gasteiger partial charge is 0.228 e. The minimum absolute atomic E-state index is 0.0707. The van der Waals surface area contributed by atoms with Gasteiger partial charge in [0.1, 0.15) is 10.7 Å². The third kappa shape index (κ3) is 4.41. The molecule has 0 aromatic carbocycles. The van der Waals surface area contributed by atoms with E-state index in [1.807, 2.05) is 45.6 Å². The average molecular weight is 403 g/mol. The van der Waals surface area contributed by atoms with E-state index in [0.717, 1.165) is 58.6 Å². The molecule has 152 valence electrons. The lowest BCUT2D eigenvalue weighted by Gasteiger charge is -2.38. The molecule has 1 atom stereocenters. The summed E-state index contributed by atoms with van der Waals surface area (Å²) in [6.45, 7) is 11.2. The van der Waals surface area contributed by atoms with Crippen molar-refractivity contribution in [1.29, 1.82) is 0 Å². The number of methoxy groups -OCH3 is 1. The van der Waals surface area contributed by atoms with Gasteiger partial charge in [0.25, 0.3) is 0 Å². The molecular formula is C21H30N4O2S. The van der Waals surface area contributed by atoms with Crippen LogP contribution in [-0.2, 0) is 16.1 Å². The van der Waals surface area contributed by atoms with Crippen molar-refractivity contribution in [1.82, 2.24) is 19.9 Å². The average Bonchev–Trinajstić information content (AvgIpc) is 3.01. The van der Waals surface area contributed by atoms with Crippen molar-refractivity contribution in [2.75, 3.05) is 13.7 Å². The summed E-state index contributed by atoms with van der Waals surface area (Å²) in [5.74, 6) is 0.893. The number of nitrogens with zero attached hydrogens (tertiary/aromatic N) is 4. The zero-order valence-electron chi connectivity index (χ0n) is 17.7. The molecule has 3 rings (SSSR count). The highest BCUT2D eigenvalue weighted by molar-refractivity contribution is 7.15. The van der Waals surface area contributed by atoms with E-state index in [9.17, 15) is 4.79 Å². The molecule has 1 unspecified atom stereocenters. The zero-order chi connectivity index (χ0) is 20.5. The normalized spacial score (nSPS) is 17.8. The quantitative estimate of drug-likeness (QED) is 0.755. The third-order valence-electron chi connectivity index (χ3n) is 4.96. The minimum atomic E-state index is -0.413. The monoisotopic (exact) mass is 402 g/mol. The van der Waals surface area contributed by atoms with Crippen LogP contribution in [-0.4, -0.2) is 39.4 Å². The summed E-state index contributed by atoms with van der Waals surface area (Å²) in [6, 6.07) is 1.90. The van der Waals surface area contributed by atoms with Crippen molar-refractivity contribution in [3.05, 3.63) is 28.2 Å². The molecule has 0 saturated carbocycles. The maximum Gasteiger partial charge on any atom is 0.228 e. The Labute approximate surface area is 171 Å². The van der Waals surface area contributed by atoms with E-state index in [0.29, 0.717) is 6.61 Å². The van der Waals surface area contributed by atoms with Crippen LogP contribution in [0.5, 0.6) is 0 Å². The molecule has 1 saturated heterocycles. The SMILES string of the molecule is COCc1sc(-c2cc(C)nc(C3CCCCN3C(=O)C(C)(C)C)n2)nc1C. The summed E-state index contributed by atoms with van der Waals surface area (Å²) in [6.07, 6.45) is 3.01. The van der Waals surface area contributed by atoms with Gasteiger partial charge in [-0.15, -0.1) is 11.3 Å². The number of likely N-dealkylation sites (tertiary alicyclic amines) is 1. The number of aromatic nitrogens is 3. The molecule has 1 aliphatic heterocycles. The van der Waals surface area contributed by atoms with Crippen molar-refractivity contribution >= 4 is 17.2 Å². The summed E-state index contributed by atoms with van der Waals surface area (Å²) in [7, 11) is 1.69. The second-order valence-corrected chi connectivity index (χ2v) is 9.56. The standard InChI is InChI=1S/C21H30N4O2S/c1-13-11-15(19-23-14(2)17(28-19)12-27-6)24-18(22-13)16-9-7-8-10-25(16)20(26)21(3,4)5/h11,16H,7-10,12H2,1-6H3. The molecule has 0 bridgehead atoms. The minimum Gasteiger partial charge on any atom is -0.379 e. The molecule has 1 fully saturated rings. The molecule has 0 radical (unpaired) electrons. The summed E-state index contributed by atoms with van der Waals surface area (Å²) in [5.41, 5.74) is 2.28. The first-order chi connectivity index (χ1) is 13.2. The third-order valence-corrected chi connectivity index (χ3v) is 6.12. The number of carbonyl (C=O) groups excluding carboxylic acids is 1. The lowest BCUT2D eigenvalue weighted by Crippen LogP contribution is -2.44. The number of thiazole rings is 1. The van der Waals surface area contributed by atoms with Crippen molar-refractivity contribution in [3.63, 3.8) is 0 Å². The van der Waals surface area contributed by atoms with Gasteiger partial charge in [-0.2, -0.15) is 0 Å². The lowest BCUT2D eigenvalue weighted by molar-refractivity contribution is -0.143. The van der Waals surface area contributed by atoms with Crippen LogP contribution in [0.25, 0.3) is 10.7 Å². The predicted molar refractivity (Wildman–Crippen MR) is 111 cm³/mol. The maximum absolute atomic E-state index is 13.0. The van der Waals surface area contributed by atoms with Crippen LogP contribution < -0.4 is 0 Å². The Hall–Kier alpha value is -1.86. The molecule has 0 spiro atoms. The van der Waals surface area contributed by atoms with Crippen LogP contribution in [0.15, 0.2) is 6.07 Å². The number of aryl methyl sites for hydroxylation is 2. The molecule has 7 heteroatoms. The van der Waals surface area contributed by atoms with Gasteiger partial charge in [-0.05, 0) is 39.2 Å². The van der Waals surface area contributed by atoms with Crippen LogP contribution in [0.1, 0.15) is 68.2 Å². The van der Waals surface area contributed by atoms with Gasteiger partial charge in [0.15, 0.2) is 5.82 Å². The Balaban J connectivity index is 1.98. The largest absolute Gasteiger partial charge is 0.379 e. The molecule has 28 heavy (non-hydrogen) atoms. The molecule has 1 amide bonds. The number of piperidine rings is 1. The maximum atomic E-state index is 13.0. The second-order valence-electron chi connectivity index (χ2n) is 8.47. The molecule has 1 aliphatic rings. The highest BCUT2D eigenvalue weighted by atomic mass is 32.1. The number of amides is 1. The van der Waals surface area contributed by atoms with E-state index in [1.54, 1.807) is 18.4 Å². The molecule has 3 heterocycles. The van der Waals surface area contributed by atoms with E-state index < -0.39 is 5.41 Å². The van der Waals surface area contributed by atoms with E-state index >= 15 is 0 Å². The van der Waals surface area contributed by atoms with Crippen LogP contribution in [0.3, 0.4) is 0 Å². The van der Waals surface area contributed by atoms with Crippen LogP contribution in [0, 0.1) is 19.3 Å². The van der Waals surface area contributed by atoms with E-state index in [-0.39, 0.29) is 11.9 Å². The van der Waals surface area contributed by atoms with Gasteiger partial charge in [-0.25, -0.2) is 15.0 Å². The van der Waals surface area contributed by atoms with Crippen molar-refractivity contribution in [2.45, 2.75) is 66.5 Å². The molecule has 2 aromatic rings. The van der Waals surface area contributed by atoms with Gasteiger partial charge < -0.3 is 9.64 Å². The van der Waals surface area contributed by atoms with Crippen molar-refractivity contribution in [3.8, 4) is 10.7 Å².